The average Bonchev–Trinajstić information content (AvgIpc) is 2.97. The maximum Gasteiger partial charge on any atom is 0.417 e. The number of aromatic nitrogens is 1. The third-order valence-corrected chi connectivity index (χ3v) is 5.32. The summed E-state index contributed by atoms with van der Waals surface area (Å²) < 4.78 is 5.11. The summed E-state index contributed by atoms with van der Waals surface area (Å²) in [6.45, 7) is 0. The SMILES string of the molecule is O=c1[nH]c2cc(/C=C3\c4ccccc4CCc4cc(Cl)ccc43)ccc2o1. The molecule has 1 aliphatic carbocycles. The number of hydrogen-bond acceptors (Lipinski definition) is 2. The van der Waals surface area contributed by atoms with Crippen LogP contribution in [-0.2, 0) is 12.8 Å². The van der Waals surface area contributed by atoms with Crippen molar-refractivity contribution in [2.75, 3.05) is 0 Å². The molecule has 0 unspecified atom stereocenters. The highest BCUT2D eigenvalue weighted by Crippen LogP contribution is 2.36. The minimum absolute atomic E-state index is 0.436. The van der Waals surface area contributed by atoms with Gasteiger partial charge in [-0.25, -0.2) is 4.79 Å². The van der Waals surface area contributed by atoms with Crippen molar-refractivity contribution in [2.24, 2.45) is 0 Å². The molecule has 0 radical (unpaired) electrons. The molecule has 0 spiro atoms. The summed E-state index contributed by atoms with van der Waals surface area (Å²) in [5.74, 6) is -0.436. The maximum absolute atomic E-state index is 11.4. The third kappa shape index (κ3) is 2.90. The summed E-state index contributed by atoms with van der Waals surface area (Å²) >= 11 is 6.25. The quantitative estimate of drug-likeness (QED) is 0.481. The lowest BCUT2D eigenvalue weighted by Gasteiger charge is -2.12. The van der Waals surface area contributed by atoms with Crippen LogP contribution in [-0.4, -0.2) is 4.98 Å². The second kappa shape index (κ2) is 6.29. The Labute approximate surface area is 160 Å². The van der Waals surface area contributed by atoms with Crippen LogP contribution in [0.15, 0.2) is 69.9 Å². The molecule has 0 amide bonds. The number of rotatable bonds is 1. The number of benzene rings is 3. The van der Waals surface area contributed by atoms with Gasteiger partial charge < -0.3 is 4.42 Å². The van der Waals surface area contributed by atoms with Crippen molar-refractivity contribution < 1.29 is 4.42 Å². The molecule has 1 aromatic heterocycles. The van der Waals surface area contributed by atoms with E-state index < -0.39 is 5.76 Å². The normalized spacial score (nSPS) is 14.8. The van der Waals surface area contributed by atoms with Gasteiger partial charge in [0, 0.05) is 5.02 Å². The van der Waals surface area contributed by atoms with E-state index >= 15 is 0 Å². The van der Waals surface area contributed by atoms with E-state index in [1.807, 2.05) is 24.3 Å². The zero-order valence-electron chi connectivity index (χ0n) is 14.5. The van der Waals surface area contributed by atoms with Gasteiger partial charge in [0.05, 0.1) is 5.52 Å². The highest BCUT2D eigenvalue weighted by atomic mass is 35.5. The van der Waals surface area contributed by atoms with Gasteiger partial charge in [-0.2, -0.15) is 0 Å². The van der Waals surface area contributed by atoms with Gasteiger partial charge in [-0.15, -0.1) is 0 Å². The molecule has 1 heterocycles. The van der Waals surface area contributed by atoms with Crippen molar-refractivity contribution in [3.05, 3.63) is 104 Å². The predicted octanol–water partition coefficient (Wildman–Crippen LogP) is 5.46. The van der Waals surface area contributed by atoms with Crippen molar-refractivity contribution in [3.63, 3.8) is 0 Å². The largest absolute Gasteiger partial charge is 0.417 e. The van der Waals surface area contributed by atoms with E-state index in [4.69, 9.17) is 16.0 Å². The van der Waals surface area contributed by atoms with Gasteiger partial charge in [-0.05, 0) is 76.6 Å². The summed E-state index contributed by atoms with van der Waals surface area (Å²) in [5.41, 5.74) is 8.46. The molecule has 0 fully saturated rings. The van der Waals surface area contributed by atoms with Crippen molar-refractivity contribution in [2.45, 2.75) is 12.8 Å². The smallest absolute Gasteiger partial charge is 0.408 e. The number of H-pyrrole nitrogens is 1. The molecule has 132 valence electrons. The maximum atomic E-state index is 11.4. The van der Waals surface area contributed by atoms with Gasteiger partial charge in [-0.1, -0.05) is 48.0 Å². The molecule has 0 aliphatic heterocycles. The first-order valence-electron chi connectivity index (χ1n) is 8.89. The van der Waals surface area contributed by atoms with E-state index in [2.05, 4.69) is 47.5 Å². The van der Waals surface area contributed by atoms with Crippen LogP contribution in [0.4, 0.5) is 0 Å². The number of hydrogen-bond donors (Lipinski definition) is 1. The fraction of sp³-hybridized carbons (Fsp3) is 0.0870. The first-order chi connectivity index (χ1) is 13.2. The Morgan fingerprint density at radius 3 is 2.67 bits per heavy atom. The Kier molecular flexibility index (Phi) is 3.76. The zero-order chi connectivity index (χ0) is 18.4. The summed E-state index contributed by atoms with van der Waals surface area (Å²) in [6.07, 6.45) is 4.11. The van der Waals surface area contributed by atoms with Crippen molar-refractivity contribution in [1.29, 1.82) is 0 Å². The monoisotopic (exact) mass is 373 g/mol. The Morgan fingerprint density at radius 1 is 0.926 bits per heavy atom. The molecule has 0 saturated carbocycles. The second-order valence-electron chi connectivity index (χ2n) is 6.79. The van der Waals surface area contributed by atoms with E-state index in [1.54, 1.807) is 0 Å². The molecule has 0 bridgehead atoms. The molecule has 1 N–H and O–H groups in total. The third-order valence-electron chi connectivity index (χ3n) is 5.08. The summed E-state index contributed by atoms with van der Waals surface area (Å²) in [6, 6.07) is 20.4. The van der Waals surface area contributed by atoms with Crippen molar-refractivity contribution >= 4 is 34.3 Å². The Balaban J connectivity index is 1.75. The Morgan fingerprint density at radius 2 is 1.74 bits per heavy atom. The van der Waals surface area contributed by atoms with Crippen LogP contribution in [0.25, 0.3) is 22.7 Å². The number of aromatic amines is 1. The van der Waals surface area contributed by atoms with Crippen LogP contribution in [0, 0.1) is 0 Å². The summed E-state index contributed by atoms with van der Waals surface area (Å²) in [7, 11) is 0. The van der Waals surface area contributed by atoms with Gasteiger partial charge in [0.25, 0.3) is 0 Å². The van der Waals surface area contributed by atoms with E-state index in [-0.39, 0.29) is 0 Å². The van der Waals surface area contributed by atoms with Crippen LogP contribution in [0.3, 0.4) is 0 Å². The first kappa shape index (κ1) is 16.2. The molecule has 4 heteroatoms. The average molecular weight is 374 g/mol. The molecular weight excluding hydrogens is 358 g/mol. The molecule has 3 aromatic carbocycles. The van der Waals surface area contributed by atoms with Crippen molar-refractivity contribution in [1.82, 2.24) is 4.98 Å². The number of aryl methyl sites for hydroxylation is 2. The molecule has 0 atom stereocenters. The van der Waals surface area contributed by atoms with Gasteiger partial charge in [0.15, 0.2) is 5.58 Å². The number of fused-ring (bicyclic) bond motifs is 3. The highest BCUT2D eigenvalue weighted by molar-refractivity contribution is 6.30. The standard InChI is InChI=1S/C23H16ClNO2/c24-17-8-9-19-16(13-17)7-6-15-3-1-2-4-18(15)20(19)11-14-5-10-22-21(12-14)25-23(26)27-22/h1-5,8-13H,6-7H2,(H,25,26)/b20-11+. The van der Waals surface area contributed by atoms with Crippen LogP contribution < -0.4 is 5.76 Å². The van der Waals surface area contributed by atoms with Crippen LogP contribution in [0.5, 0.6) is 0 Å². The predicted molar refractivity (Wildman–Crippen MR) is 109 cm³/mol. The Bertz CT molecular complexity index is 1260. The summed E-state index contributed by atoms with van der Waals surface area (Å²) in [5, 5.41) is 0.761. The minimum atomic E-state index is -0.436. The fourth-order valence-electron chi connectivity index (χ4n) is 3.83. The highest BCUT2D eigenvalue weighted by Gasteiger charge is 2.18. The lowest BCUT2D eigenvalue weighted by molar-refractivity contribution is 0.555. The molecule has 1 aliphatic rings. The molecule has 3 nitrogen and oxygen atoms in total. The number of halogens is 1. The molecule has 4 aromatic rings. The van der Waals surface area contributed by atoms with Gasteiger partial charge >= 0.3 is 5.76 Å². The zero-order valence-corrected chi connectivity index (χ0v) is 15.2. The first-order valence-corrected chi connectivity index (χ1v) is 9.27. The summed E-state index contributed by atoms with van der Waals surface area (Å²) in [4.78, 5) is 14.2. The fourth-order valence-corrected chi connectivity index (χ4v) is 4.02. The lowest BCUT2D eigenvalue weighted by atomic mass is 9.92. The van der Waals surface area contributed by atoms with E-state index in [1.165, 1.54) is 27.8 Å². The van der Waals surface area contributed by atoms with Gasteiger partial charge in [0.1, 0.15) is 0 Å². The van der Waals surface area contributed by atoms with Gasteiger partial charge in [0.2, 0.25) is 0 Å². The molecule has 27 heavy (non-hydrogen) atoms. The number of nitrogens with one attached hydrogen (secondary N) is 1. The molecule has 0 saturated heterocycles. The van der Waals surface area contributed by atoms with Crippen molar-refractivity contribution in [3.8, 4) is 0 Å². The second-order valence-corrected chi connectivity index (χ2v) is 7.22. The number of oxazole rings is 1. The molecular formula is C23H16ClNO2. The Hall–Kier alpha value is -3.04. The van der Waals surface area contributed by atoms with Gasteiger partial charge in [-0.3, -0.25) is 4.98 Å². The van der Waals surface area contributed by atoms with E-state index in [0.29, 0.717) is 11.1 Å². The van der Waals surface area contributed by atoms with Crippen LogP contribution in [0.1, 0.15) is 27.8 Å². The van der Waals surface area contributed by atoms with Crippen LogP contribution >= 0.6 is 11.6 Å². The lowest BCUT2D eigenvalue weighted by Crippen LogP contribution is -1.93. The molecule has 5 rings (SSSR count). The van der Waals surface area contributed by atoms with E-state index in [9.17, 15) is 4.79 Å². The van der Waals surface area contributed by atoms with E-state index in [0.717, 1.165) is 23.4 Å². The topological polar surface area (TPSA) is 46.0 Å². The van der Waals surface area contributed by atoms with Crippen LogP contribution in [0.2, 0.25) is 5.02 Å². The minimum Gasteiger partial charge on any atom is -0.408 e.